The first kappa shape index (κ1) is 14.0. The first-order valence-electron chi connectivity index (χ1n) is 6.64. The fourth-order valence-corrected chi connectivity index (χ4v) is 2.64. The van der Waals surface area contributed by atoms with Crippen molar-refractivity contribution in [2.24, 2.45) is 0 Å². The lowest BCUT2D eigenvalue weighted by Gasteiger charge is -2.00. The normalized spacial score (nSPS) is 10.6. The number of unbranched alkanes of at least 4 members (excludes halogenated alkanes) is 1. The van der Waals surface area contributed by atoms with Crippen LogP contribution >= 0.6 is 11.8 Å². The Labute approximate surface area is 118 Å². The molecule has 0 aliphatic rings. The van der Waals surface area contributed by atoms with Gasteiger partial charge in [0.2, 0.25) is 0 Å². The van der Waals surface area contributed by atoms with E-state index >= 15 is 0 Å². The zero-order chi connectivity index (χ0) is 13.3. The number of nitrogens with zero attached hydrogens (tertiary/aromatic N) is 1. The summed E-state index contributed by atoms with van der Waals surface area (Å²) in [6, 6.07) is 10.5. The van der Waals surface area contributed by atoms with Gasteiger partial charge in [0.15, 0.2) is 5.89 Å². The number of hydrogen-bond acceptors (Lipinski definition) is 4. The van der Waals surface area contributed by atoms with Gasteiger partial charge < -0.3 is 9.15 Å². The Morgan fingerprint density at radius 1 is 1.21 bits per heavy atom. The van der Waals surface area contributed by atoms with Gasteiger partial charge in [-0.05, 0) is 37.7 Å². The third-order valence-corrected chi connectivity index (χ3v) is 3.71. The minimum absolute atomic E-state index is 0.524. The highest BCUT2D eigenvalue weighted by atomic mass is 32.2. The fourth-order valence-electron chi connectivity index (χ4n) is 1.70. The van der Waals surface area contributed by atoms with Crippen LogP contribution in [0.15, 0.2) is 45.8 Å². The predicted molar refractivity (Wildman–Crippen MR) is 77.8 cm³/mol. The van der Waals surface area contributed by atoms with E-state index in [-0.39, 0.29) is 0 Å². The number of thioether (sulfide) groups is 1. The second kappa shape index (κ2) is 7.89. The van der Waals surface area contributed by atoms with E-state index in [1.807, 2.05) is 24.8 Å². The Morgan fingerprint density at radius 3 is 2.84 bits per heavy atom. The van der Waals surface area contributed by atoms with Crippen molar-refractivity contribution in [2.75, 3.05) is 12.4 Å². The highest BCUT2D eigenvalue weighted by molar-refractivity contribution is 7.99. The number of benzene rings is 1. The molecule has 3 nitrogen and oxygen atoms in total. The maximum Gasteiger partial charge on any atom is 0.305 e. The van der Waals surface area contributed by atoms with Gasteiger partial charge >= 0.3 is 5.95 Å². The van der Waals surface area contributed by atoms with Crippen LogP contribution in [0.2, 0.25) is 0 Å². The molecule has 0 aliphatic heterocycles. The molecule has 102 valence electrons. The van der Waals surface area contributed by atoms with Crippen LogP contribution in [0.4, 0.5) is 0 Å². The third kappa shape index (κ3) is 4.99. The van der Waals surface area contributed by atoms with Gasteiger partial charge in [-0.25, -0.2) is 4.98 Å². The average Bonchev–Trinajstić information content (AvgIpc) is 2.88. The standard InChI is InChI=1S/C15H19NO2S/c1-2-17-15-12-16-14(18-15)10-6-7-11-19-13-8-4-3-5-9-13/h3-5,8-9,12H,2,6-7,10-11H2,1H3. The van der Waals surface area contributed by atoms with Gasteiger partial charge in [0, 0.05) is 11.3 Å². The Kier molecular flexibility index (Phi) is 5.82. The van der Waals surface area contributed by atoms with Crippen molar-refractivity contribution in [3.8, 4) is 5.95 Å². The molecule has 4 heteroatoms. The van der Waals surface area contributed by atoms with Gasteiger partial charge in [-0.2, -0.15) is 0 Å². The van der Waals surface area contributed by atoms with Gasteiger partial charge in [-0.1, -0.05) is 18.2 Å². The van der Waals surface area contributed by atoms with E-state index in [4.69, 9.17) is 9.15 Å². The van der Waals surface area contributed by atoms with E-state index in [1.54, 1.807) is 6.20 Å². The molecule has 2 aromatic rings. The zero-order valence-electron chi connectivity index (χ0n) is 11.2. The minimum Gasteiger partial charge on any atom is -0.464 e. The quantitative estimate of drug-likeness (QED) is 0.535. The van der Waals surface area contributed by atoms with Gasteiger partial charge in [0.1, 0.15) is 6.20 Å². The van der Waals surface area contributed by atoms with E-state index in [0.717, 1.165) is 30.9 Å². The molecule has 1 aromatic heterocycles. The van der Waals surface area contributed by atoms with Crippen LogP contribution in [0.3, 0.4) is 0 Å². The second-order valence-corrected chi connectivity index (χ2v) is 5.29. The highest BCUT2D eigenvalue weighted by Crippen LogP contribution is 2.19. The lowest BCUT2D eigenvalue weighted by atomic mass is 10.2. The predicted octanol–water partition coefficient (Wildman–Crippen LogP) is 4.19. The summed E-state index contributed by atoms with van der Waals surface area (Å²) in [6.07, 6.45) is 4.78. The summed E-state index contributed by atoms with van der Waals surface area (Å²) in [7, 11) is 0. The van der Waals surface area contributed by atoms with Crippen LogP contribution in [0.25, 0.3) is 0 Å². The van der Waals surface area contributed by atoms with Gasteiger partial charge in [-0.15, -0.1) is 11.8 Å². The molecular formula is C15H19NO2S. The molecule has 0 saturated heterocycles. The number of aromatic nitrogens is 1. The number of rotatable bonds is 8. The van der Waals surface area contributed by atoms with Gasteiger partial charge in [0.05, 0.1) is 6.61 Å². The summed E-state index contributed by atoms with van der Waals surface area (Å²) in [5.74, 6) is 2.42. The molecule has 0 N–H and O–H groups in total. The van der Waals surface area contributed by atoms with Crippen LogP contribution in [-0.2, 0) is 6.42 Å². The summed E-state index contributed by atoms with van der Waals surface area (Å²) in [4.78, 5) is 5.52. The molecule has 2 rings (SSSR count). The molecule has 0 unspecified atom stereocenters. The van der Waals surface area contributed by atoms with E-state index in [2.05, 4.69) is 29.2 Å². The molecule has 0 spiro atoms. The van der Waals surface area contributed by atoms with E-state index in [9.17, 15) is 0 Å². The maximum atomic E-state index is 5.45. The molecule has 0 saturated carbocycles. The van der Waals surface area contributed by atoms with Crippen LogP contribution in [0.1, 0.15) is 25.7 Å². The van der Waals surface area contributed by atoms with Crippen molar-refractivity contribution < 1.29 is 9.15 Å². The molecule has 0 aliphatic carbocycles. The fraction of sp³-hybridized carbons (Fsp3) is 0.400. The molecule has 0 amide bonds. The van der Waals surface area contributed by atoms with Gasteiger partial charge in [0.25, 0.3) is 0 Å². The van der Waals surface area contributed by atoms with Crippen molar-refractivity contribution in [1.29, 1.82) is 0 Å². The Balaban J connectivity index is 1.61. The Bertz CT molecular complexity index is 470. The number of oxazole rings is 1. The third-order valence-electron chi connectivity index (χ3n) is 2.62. The summed E-state index contributed by atoms with van der Waals surface area (Å²) < 4.78 is 10.7. The van der Waals surface area contributed by atoms with Crippen LogP contribution in [-0.4, -0.2) is 17.3 Å². The number of hydrogen-bond donors (Lipinski definition) is 0. The second-order valence-electron chi connectivity index (χ2n) is 4.12. The Morgan fingerprint density at radius 2 is 2.05 bits per heavy atom. The molecule has 1 aromatic carbocycles. The average molecular weight is 277 g/mol. The highest BCUT2D eigenvalue weighted by Gasteiger charge is 2.03. The molecule has 0 atom stereocenters. The van der Waals surface area contributed by atoms with Crippen LogP contribution in [0.5, 0.6) is 5.95 Å². The lowest BCUT2D eigenvalue weighted by molar-refractivity contribution is 0.249. The van der Waals surface area contributed by atoms with Crippen molar-refractivity contribution in [2.45, 2.75) is 31.1 Å². The first-order chi connectivity index (χ1) is 9.38. The number of aryl methyl sites for hydroxylation is 1. The summed E-state index contributed by atoms with van der Waals surface area (Å²) >= 11 is 1.89. The largest absolute Gasteiger partial charge is 0.464 e. The molecule has 0 fully saturated rings. The maximum absolute atomic E-state index is 5.45. The zero-order valence-corrected chi connectivity index (χ0v) is 12.0. The summed E-state index contributed by atoms with van der Waals surface area (Å²) in [6.45, 7) is 2.55. The van der Waals surface area contributed by atoms with Crippen molar-refractivity contribution in [3.63, 3.8) is 0 Å². The van der Waals surface area contributed by atoms with Crippen molar-refractivity contribution >= 4 is 11.8 Å². The van der Waals surface area contributed by atoms with Crippen molar-refractivity contribution in [1.82, 2.24) is 4.98 Å². The van der Waals surface area contributed by atoms with Crippen LogP contribution in [0, 0.1) is 0 Å². The SMILES string of the molecule is CCOc1cnc(CCCCSc2ccccc2)o1. The molecular weight excluding hydrogens is 258 g/mol. The number of ether oxygens (including phenoxy) is 1. The molecule has 0 bridgehead atoms. The smallest absolute Gasteiger partial charge is 0.305 e. The molecule has 19 heavy (non-hydrogen) atoms. The molecule has 0 radical (unpaired) electrons. The Hall–Kier alpha value is -1.42. The summed E-state index contributed by atoms with van der Waals surface area (Å²) in [5, 5.41) is 0. The minimum atomic E-state index is 0.524. The molecule has 1 heterocycles. The monoisotopic (exact) mass is 277 g/mol. The van der Waals surface area contributed by atoms with E-state index in [0.29, 0.717) is 12.6 Å². The van der Waals surface area contributed by atoms with Crippen molar-refractivity contribution in [3.05, 3.63) is 42.4 Å². The first-order valence-corrected chi connectivity index (χ1v) is 7.62. The van der Waals surface area contributed by atoms with Gasteiger partial charge in [-0.3, -0.25) is 0 Å². The topological polar surface area (TPSA) is 35.3 Å². The van der Waals surface area contributed by atoms with Crippen LogP contribution < -0.4 is 4.74 Å². The lowest BCUT2D eigenvalue weighted by Crippen LogP contribution is -1.89. The summed E-state index contributed by atoms with van der Waals surface area (Å²) in [5.41, 5.74) is 0. The van der Waals surface area contributed by atoms with E-state index in [1.165, 1.54) is 4.90 Å². The van der Waals surface area contributed by atoms with E-state index < -0.39 is 0 Å².